The molecule has 2 amide bonds. The SMILES string of the molecule is N#CCC(=O)NC1C(=O)N2C(C(=O)[O-])=C(Sc3nc(N)c4cn[nH]c4n3)CS[C@H]12.[Na+]. The minimum atomic E-state index is -1.52. The van der Waals surface area contributed by atoms with Crippen molar-refractivity contribution in [1.29, 1.82) is 5.26 Å². The zero-order valence-corrected chi connectivity index (χ0v) is 19.0. The van der Waals surface area contributed by atoms with Crippen LogP contribution in [0.25, 0.3) is 11.0 Å². The van der Waals surface area contributed by atoms with Crippen LogP contribution in [0.3, 0.4) is 0 Å². The fourth-order valence-electron chi connectivity index (χ4n) is 2.95. The number of fused-ring (bicyclic) bond motifs is 2. The molecule has 4 rings (SSSR count). The number of hydrogen-bond acceptors (Lipinski definition) is 11. The molecule has 2 aliphatic heterocycles. The van der Waals surface area contributed by atoms with Crippen LogP contribution in [-0.4, -0.2) is 60.0 Å². The fraction of sp³-hybridized carbons (Fsp3) is 0.267. The number of hydrogen-bond donors (Lipinski definition) is 3. The molecular weight excluding hydrogens is 443 g/mol. The van der Waals surface area contributed by atoms with Gasteiger partial charge in [0.2, 0.25) is 5.91 Å². The Balaban J connectivity index is 0.00000256. The molecule has 0 bridgehead atoms. The Morgan fingerprint density at radius 2 is 2.27 bits per heavy atom. The van der Waals surface area contributed by atoms with Gasteiger partial charge in [0, 0.05) is 10.7 Å². The molecule has 0 radical (unpaired) electrons. The molecule has 4 heterocycles. The number of rotatable bonds is 5. The maximum atomic E-state index is 12.5. The third-order valence-corrected chi connectivity index (χ3v) is 6.63. The van der Waals surface area contributed by atoms with Crippen LogP contribution in [-0.2, 0) is 14.4 Å². The molecule has 2 aliphatic rings. The topological polar surface area (TPSA) is 194 Å². The number of nitrogens with one attached hydrogen (secondary N) is 2. The van der Waals surface area contributed by atoms with Gasteiger partial charge in [-0.1, -0.05) is 11.8 Å². The van der Waals surface area contributed by atoms with Crippen LogP contribution < -0.4 is 45.7 Å². The van der Waals surface area contributed by atoms with Gasteiger partial charge in [-0.25, -0.2) is 9.97 Å². The van der Waals surface area contributed by atoms with E-state index in [0.29, 0.717) is 15.9 Å². The monoisotopic (exact) mass is 454 g/mol. The second-order valence-electron chi connectivity index (χ2n) is 5.97. The number of β-lactam (4-membered cyclic amide) rings is 1. The first-order valence-electron chi connectivity index (χ1n) is 8.10. The number of carboxylic acid groups (broad SMARTS) is 1. The number of nitrogen functional groups attached to an aromatic ring is 1. The summed E-state index contributed by atoms with van der Waals surface area (Å²) in [6.45, 7) is 0. The minimum absolute atomic E-state index is 0. The standard InChI is InChI=1S/C15H12N8O4S2.Na/c16-2-1-7(24)19-8-12(25)23-9(14(26)27)6(4-28-13(8)23)29-15-20-10(17)5-3-18-22-11(5)21-15;/h3,8,13H,1,4H2,(H,19,24)(H,26,27)(H3,17,18,20,21,22);/q;+1/p-1/t8?,13-;/m1./s1. The number of thioether (sulfide) groups is 2. The van der Waals surface area contributed by atoms with Gasteiger partial charge in [0.1, 0.15) is 23.7 Å². The van der Waals surface area contributed by atoms with Crippen molar-refractivity contribution in [1.82, 2.24) is 30.4 Å². The third kappa shape index (κ3) is 3.86. The van der Waals surface area contributed by atoms with Crippen molar-refractivity contribution < 1.29 is 49.0 Å². The quantitative estimate of drug-likeness (QED) is 0.223. The van der Waals surface area contributed by atoms with Gasteiger partial charge in [0.05, 0.1) is 29.3 Å². The molecule has 15 heteroatoms. The van der Waals surface area contributed by atoms with E-state index in [1.54, 1.807) is 6.07 Å². The zero-order valence-electron chi connectivity index (χ0n) is 15.4. The molecule has 1 saturated heterocycles. The molecule has 12 nitrogen and oxygen atoms in total. The Bertz CT molecular complexity index is 1130. The predicted molar refractivity (Wildman–Crippen MR) is 99.2 cm³/mol. The second kappa shape index (κ2) is 8.82. The van der Waals surface area contributed by atoms with E-state index >= 15 is 0 Å². The number of nitriles is 1. The molecule has 0 aliphatic carbocycles. The maximum Gasteiger partial charge on any atom is 1.00 e. The molecule has 0 saturated carbocycles. The predicted octanol–water partition coefficient (Wildman–Crippen LogP) is -4.69. The normalized spacial score (nSPS) is 20.1. The molecular formula is C15H11N8NaO4S2. The van der Waals surface area contributed by atoms with E-state index in [1.807, 2.05) is 0 Å². The average molecular weight is 454 g/mol. The fourth-order valence-corrected chi connectivity index (χ4v) is 5.36. The second-order valence-corrected chi connectivity index (χ2v) is 8.14. The van der Waals surface area contributed by atoms with Crippen LogP contribution in [0.15, 0.2) is 22.0 Å². The van der Waals surface area contributed by atoms with Crippen LogP contribution >= 0.6 is 23.5 Å². The Morgan fingerprint density at radius 1 is 1.50 bits per heavy atom. The summed E-state index contributed by atoms with van der Waals surface area (Å²) in [4.78, 5) is 45.6. The first kappa shape index (κ1) is 22.4. The van der Waals surface area contributed by atoms with Crippen molar-refractivity contribution in [2.45, 2.75) is 23.0 Å². The largest absolute Gasteiger partial charge is 1.00 e. The number of nitrogens with zero attached hydrogens (tertiary/aromatic N) is 5. The van der Waals surface area contributed by atoms with Gasteiger partial charge in [-0.2, -0.15) is 10.4 Å². The summed E-state index contributed by atoms with van der Waals surface area (Å²) in [5.41, 5.74) is 5.98. The smallest absolute Gasteiger partial charge is 0.543 e. The number of amides is 2. The maximum absolute atomic E-state index is 12.5. The van der Waals surface area contributed by atoms with Crippen molar-refractivity contribution in [3.8, 4) is 6.07 Å². The van der Waals surface area contributed by atoms with Crippen molar-refractivity contribution >= 4 is 58.2 Å². The van der Waals surface area contributed by atoms with Gasteiger partial charge < -0.3 is 21.0 Å². The Morgan fingerprint density at radius 3 is 2.97 bits per heavy atom. The van der Waals surface area contributed by atoms with Crippen LogP contribution in [0.1, 0.15) is 6.42 Å². The summed E-state index contributed by atoms with van der Waals surface area (Å²) in [6.07, 6.45) is 1.09. The first-order valence-corrected chi connectivity index (χ1v) is 9.97. The summed E-state index contributed by atoms with van der Waals surface area (Å²) < 4.78 is 0. The van der Waals surface area contributed by atoms with E-state index in [0.717, 1.165) is 16.7 Å². The Hall–Kier alpha value is -2.31. The number of aromatic amines is 1. The van der Waals surface area contributed by atoms with Gasteiger partial charge in [-0.15, -0.1) is 11.8 Å². The molecule has 2 aromatic heterocycles. The molecule has 4 N–H and O–H groups in total. The summed E-state index contributed by atoms with van der Waals surface area (Å²) in [5, 5.41) is 29.4. The number of nitrogens with two attached hydrogens (primary N) is 1. The molecule has 1 unspecified atom stereocenters. The summed E-state index contributed by atoms with van der Waals surface area (Å²) in [5.74, 6) is -2.29. The third-order valence-electron chi connectivity index (χ3n) is 4.22. The van der Waals surface area contributed by atoms with E-state index < -0.39 is 29.2 Å². The molecule has 1 fully saturated rings. The molecule has 2 atom stereocenters. The first-order chi connectivity index (χ1) is 13.9. The van der Waals surface area contributed by atoms with E-state index in [4.69, 9.17) is 11.0 Å². The zero-order chi connectivity index (χ0) is 20.7. The van der Waals surface area contributed by atoms with Gasteiger partial charge in [-0.3, -0.25) is 19.6 Å². The number of H-pyrrole nitrogens is 1. The van der Waals surface area contributed by atoms with Crippen molar-refractivity contribution in [2.24, 2.45) is 0 Å². The Kier molecular flexibility index (Phi) is 6.58. The molecule has 148 valence electrons. The number of anilines is 1. The van der Waals surface area contributed by atoms with Crippen LogP contribution in [0.4, 0.5) is 5.82 Å². The number of aromatic nitrogens is 4. The van der Waals surface area contributed by atoms with Crippen LogP contribution in [0, 0.1) is 11.3 Å². The van der Waals surface area contributed by atoms with Crippen LogP contribution in [0.5, 0.6) is 0 Å². The van der Waals surface area contributed by atoms with Gasteiger partial charge in [0.25, 0.3) is 5.91 Å². The molecule has 2 aromatic rings. The van der Waals surface area contributed by atoms with E-state index in [9.17, 15) is 19.5 Å². The van der Waals surface area contributed by atoms with Crippen LogP contribution in [0.2, 0.25) is 0 Å². The summed E-state index contributed by atoms with van der Waals surface area (Å²) >= 11 is 2.24. The summed E-state index contributed by atoms with van der Waals surface area (Å²) in [7, 11) is 0. The molecule has 30 heavy (non-hydrogen) atoms. The summed E-state index contributed by atoms with van der Waals surface area (Å²) in [6, 6.07) is 0.799. The van der Waals surface area contributed by atoms with E-state index in [-0.39, 0.29) is 58.4 Å². The Labute approximate surface area is 199 Å². The van der Waals surface area contributed by atoms with E-state index in [2.05, 4.69) is 25.5 Å². The molecule has 0 spiro atoms. The molecule has 0 aromatic carbocycles. The van der Waals surface area contributed by atoms with Gasteiger partial charge in [-0.05, 0) is 0 Å². The minimum Gasteiger partial charge on any atom is -0.543 e. The van der Waals surface area contributed by atoms with Crippen molar-refractivity contribution in [3.63, 3.8) is 0 Å². The number of aliphatic carboxylic acids is 1. The van der Waals surface area contributed by atoms with E-state index in [1.165, 1.54) is 18.0 Å². The average Bonchev–Trinajstić information content (AvgIpc) is 3.15. The van der Waals surface area contributed by atoms with Gasteiger partial charge >= 0.3 is 29.6 Å². The number of carbonyl (C=O) groups excluding carboxylic acids is 3. The number of carbonyl (C=O) groups is 3. The number of carboxylic acids is 1. The van der Waals surface area contributed by atoms with Crippen molar-refractivity contribution in [3.05, 3.63) is 16.8 Å². The van der Waals surface area contributed by atoms with Crippen molar-refractivity contribution in [2.75, 3.05) is 11.5 Å². The van der Waals surface area contributed by atoms with Gasteiger partial charge in [0.15, 0.2) is 10.8 Å².